The molecule has 41 heavy (non-hydrogen) atoms. The van der Waals surface area contributed by atoms with Crippen molar-refractivity contribution in [1.29, 1.82) is 0 Å². The number of ether oxygens (including phenoxy) is 1. The number of hydrogen-bond donors (Lipinski definition) is 2. The standard InChI is InChI=1S/C31H31N5O4S/c1-3-26(29(38)34-23-15-9-10-16-25(23)40-2)41-31-35-22-14-8-7-13-21(22)28-33-24(30(39)36(28)31)19-27(37)32-18-17-20-11-5-4-6-12-20/h4-16,24,26H,3,17-19H2,1-2H3,(H,32,37)(H,34,38). The molecule has 0 fully saturated rings. The second-order valence-electron chi connectivity index (χ2n) is 9.55. The zero-order chi connectivity index (χ0) is 28.8. The number of amidine groups is 2. The van der Waals surface area contributed by atoms with E-state index in [4.69, 9.17) is 9.73 Å². The number of thioether (sulfide) groups is 1. The van der Waals surface area contributed by atoms with Crippen LogP contribution in [0.3, 0.4) is 0 Å². The number of hydrogen-bond acceptors (Lipinski definition) is 7. The minimum atomic E-state index is -0.874. The predicted molar refractivity (Wildman–Crippen MR) is 162 cm³/mol. The number of carbonyl (C=O) groups is 3. The monoisotopic (exact) mass is 569 g/mol. The van der Waals surface area contributed by atoms with E-state index in [1.807, 2.05) is 73.7 Å². The lowest BCUT2D eigenvalue weighted by molar-refractivity contribution is -0.128. The number of methoxy groups -OCH3 is 1. The molecular formula is C31H31N5O4S. The van der Waals surface area contributed by atoms with Gasteiger partial charge in [-0.2, -0.15) is 0 Å². The minimum absolute atomic E-state index is 0.0702. The van der Waals surface area contributed by atoms with Crippen molar-refractivity contribution < 1.29 is 19.1 Å². The fraction of sp³-hybridized carbons (Fsp3) is 0.258. The van der Waals surface area contributed by atoms with E-state index in [1.165, 1.54) is 16.7 Å². The van der Waals surface area contributed by atoms with Crippen LogP contribution in [-0.2, 0) is 20.8 Å². The molecule has 0 radical (unpaired) electrons. The van der Waals surface area contributed by atoms with E-state index in [1.54, 1.807) is 19.2 Å². The Balaban J connectivity index is 1.31. The van der Waals surface area contributed by atoms with E-state index in [2.05, 4.69) is 15.6 Å². The number of nitrogens with one attached hydrogen (secondary N) is 2. The molecule has 2 aliphatic heterocycles. The Morgan fingerprint density at radius 3 is 2.54 bits per heavy atom. The van der Waals surface area contributed by atoms with E-state index >= 15 is 0 Å². The smallest absolute Gasteiger partial charge is 0.259 e. The van der Waals surface area contributed by atoms with Crippen LogP contribution in [0.4, 0.5) is 11.4 Å². The second-order valence-corrected chi connectivity index (χ2v) is 10.7. The summed E-state index contributed by atoms with van der Waals surface area (Å²) in [6.07, 6.45) is 1.12. The van der Waals surface area contributed by atoms with Gasteiger partial charge in [0, 0.05) is 12.1 Å². The number of para-hydroxylation sites is 3. The SMILES string of the molecule is CCC(SC1=Nc2ccccc2C2=NC(CC(=O)NCCc3ccccc3)C(=O)N12)C(=O)Nc1ccccc1OC. The zero-order valence-electron chi connectivity index (χ0n) is 22.9. The summed E-state index contributed by atoms with van der Waals surface area (Å²) in [6, 6.07) is 23.6. The molecule has 3 aromatic rings. The van der Waals surface area contributed by atoms with Crippen molar-refractivity contribution in [1.82, 2.24) is 10.2 Å². The number of benzene rings is 3. The normalized spacial score (nSPS) is 16.2. The Morgan fingerprint density at radius 1 is 1.02 bits per heavy atom. The third-order valence-electron chi connectivity index (χ3n) is 6.78. The molecular weight excluding hydrogens is 538 g/mol. The van der Waals surface area contributed by atoms with E-state index in [9.17, 15) is 14.4 Å². The van der Waals surface area contributed by atoms with E-state index in [0.29, 0.717) is 53.1 Å². The van der Waals surface area contributed by atoms with Gasteiger partial charge in [0.25, 0.3) is 5.91 Å². The highest BCUT2D eigenvalue weighted by molar-refractivity contribution is 8.15. The maximum atomic E-state index is 13.6. The minimum Gasteiger partial charge on any atom is -0.495 e. The molecule has 0 spiro atoms. The van der Waals surface area contributed by atoms with Gasteiger partial charge < -0.3 is 15.4 Å². The van der Waals surface area contributed by atoms with Crippen LogP contribution in [0.1, 0.15) is 30.9 Å². The van der Waals surface area contributed by atoms with Gasteiger partial charge in [0.1, 0.15) is 17.6 Å². The van der Waals surface area contributed by atoms with Gasteiger partial charge in [0.2, 0.25) is 11.8 Å². The van der Waals surface area contributed by atoms with Gasteiger partial charge >= 0.3 is 0 Å². The van der Waals surface area contributed by atoms with Gasteiger partial charge in [0.15, 0.2) is 5.17 Å². The molecule has 3 aromatic carbocycles. The van der Waals surface area contributed by atoms with Crippen molar-refractivity contribution in [2.24, 2.45) is 9.98 Å². The maximum Gasteiger partial charge on any atom is 0.259 e. The fourth-order valence-electron chi connectivity index (χ4n) is 4.66. The van der Waals surface area contributed by atoms with E-state index < -0.39 is 11.3 Å². The number of amides is 3. The molecule has 0 bridgehead atoms. The highest BCUT2D eigenvalue weighted by atomic mass is 32.2. The first-order valence-electron chi connectivity index (χ1n) is 13.5. The third kappa shape index (κ3) is 6.33. The average Bonchev–Trinajstić information content (AvgIpc) is 3.32. The molecule has 0 saturated heterocycles. The number of fused-ring (bicyclic) bond motifs is 3. The summed E-state index contributed by atoms with van der Waals surface area (Å²) in [6.45, 7) is 2.37. The first kappa shape index (κ1) is 28.1. The largest absolute Gasteiger partial charge is 0.495 e. The molecule has 2 N–H and O–H groups in total. The van der Waals surface area contributed by atoms with Gasteiger partial charge in [-0.05, 0) is 42.7 Å². The van der Waals surface area contributed by atoms with Gasteiger partial charge in [-0.25, -0.2) is 9.89 Å². The van der Waals surface area contributed by atoms with Crippen molar-refractivity contribution in [2.75, 3.05) is 19.0 Å². The molecule has 210 valence electrons. The Bertz CT molecular complexity index is 1510. The van der Waals surface area contributed by atoms with Crippen molar-refractivity contribution in [3.63, 3.8) is 0 Å². The Labute approximate surface area is 243 Å². The highest BCUT2D eigenvalue weighted by Crippen LogP contribution is 2.36. The summed E-state index contributed by atoms with van der Waals surface area (Å²) in [5.41, 5.74) is 3.05. The van der Waals surface area contributed by atoms with Crippen LogP contribution >= 0.6 is 11.8 Å². The molecule has 0 saturated carbocycles. The highest BCUT2D eigenvalue weighted by Gasteiger charge is 2.43. The molecule has 2 unspecified atom stereocenters. The summed E-state index contributed by atoms with van der Waals surface area (Å²) < 4.78 is 5.36. The van der Waals surface area contributed by atoms with Crippen LogP contribution in [0.2, 0.25) is 0 Å². The first-order valence-corrected chi connectivity index (χ1v) is 14.4. The van der Waals surface area contributed by atoms with Crippen LogP contribution in [0.25, 0.3) is 0 Å². The van der Waals surface area contributed by atoms with Crippen LogP contribution in [0.5, 0.6) is 5.75 Å². The van der Waals surface area contributed by atoms with Gasteiger partial charge in [-0.15, -0.1) is 0 Å². The van der Waals surface area contributed by atoms with Crippen LogP contribution in [0.15, 0.2) is 88.8 Å². The second kappa shape index (κ2) is 12.8. The topological polar surface area (TPSA) is 112 Å². The summed E-state index contributed by atoms with van der Waals surface area (Å²) >= 11 is 1.20. The molecule has 9 nitrogen and oxygen atoms in total. The summed E-state index contributed by atoms with van der Waals surface area (Å²) in [5.74, 6) is 0.191. The fourth-order valence-corrected chi connectivity index (χ4v) is 5.68. The number of carbonyl (C=O) groups excluding carboxylic acids is 3. The maximum absolute atomic E-state index is 13.6. The lowest BCUT2D eigenvalue weighted by atomic mass is 10.1. The number of nitrogens with zero attached hydrogens (tertiary/aromatic N) is 3. The van der Waals surface area contributed by atoms with E-state index in [0.717, 1.165) is 5.56 Å². The lowest BCUT2D eigenvalue weighted by Gasteiger charge is -2.27. The van der Waals surface area contributed by atoms with Gasteiger partial charge in [-0.1, -0.05) is 73.3 Å². The lowest BCUT2D eigenvalue weighted by Crippen LogP contribution is -2.43. The average molecular weight is 570 g/mol. The molecule has 2 aliphatic rings. The van der Waals surface area contributed by atoms with Crippen molar-refractivity contribution in [3.05, 3.63) is 90.0 Å². The van der Waals surface area contributed by atoms with E-state index in [-0.39, 0.29) is 24.1 Å². The van der Waals surface area contributed by atoms with Gasteiger partial charge in [-0.3, -0.25) is 19.4 Å². The molecule has 2 heterocycles. The van der Waals surface area contributed by atoms with Crippen molar-refractivity contribution >= 4 is 51.9 Å². The van der Waals surface area contributed by atoms with Crippen LogP contribution < -0.4 is 15.4 Å². The molecule has 2 atom stereocenters. The summed E-state index contributed by atoms with van der Waals surface area (Å²) in [5, 5.41) is 5.65. The number of rotatable bonds is 10. The predicted octanol–water partition coefficient (Wildman–Crippen LogP) is 4.55. The number of anilines is 1. The third-order valence-corrected chi connectivity index (χ3v) is 8.10. The Hall–Kier alpha value is -4.44. The zero-order valence-corrected chi connectivity index (χ0v) is 23.7. The van der Waals surface area contributed by atoms with Gasteiger partial charge in [0.05, 0.1) is 30.2 Å². The Kier molecular flexibility index (Phi) is 8.79. The molecule has 3 amide bonds. The van der Waals surface area contributed by atoms with Crippen molar-refractivity contribution in [3.8, 4) is 5.75 Å². The van der Waals surface area contributed by atoms with Crippen LogP contribution in [0, 0.1) is 0 Å². The number of aliphatic imine (C=N–C) groups is 2. The molecule has 10 heteroatoms. The molecule has 0 aromatic heterocycles. The molecule has 0 aliphatic carbocycles. The summed E-state index contributed by atoms with van der Waals surface area (Å²) in [4.78, 5) is 50.5. The van der Waals surface area contributed by atoms with Crippen LogP contribution in [-0.4, -0.2) is 58.6 Å². The quantitative estimate of drug-likeness (QED) is 0.372. The Morgan fingerprint density at radius 2 is 1.76 bits per heavy atom. The molecule has 5 rings (SSSR count). The van der Waals surface area contributed by atoms with Crippen molar-refractivity contribution in [2.45, 2.75) is 37.5 Å². The summed E-state index contributed by atoms with van der Waals surface area (Å²) in [7, 11) is 1.55. The first-order chi connectivity index (χ1) is 20.0.